The number of hydrogen-bond acceptors (Lipinski definition) is 4. The molecule has 26 heavy (non-hydrogen) atoms. The number of nitrogens with zero attached hydrogens (tertiary/aromatic N) is 2. The van der Waals surface area contributed by atoms with Crippen molar-refractivity contribution < 1.29 is 9.59 Å². The number of allylic oxidation sites excluding steroid dienone is 2. The number of thiophene rings is 1. The minimum Gasteiger partial charge on any atom is -0.357 e. The first kappa shape index (κ1) is 17.3. The lowest BCUT2D eigenvalue weighted by molar-refractivity contribution is -0.140. The van der Waals surface area contributed by atoms with Gasteiger partial charge in [-0.05, 0) is 36.6 Å². The zero-order valence-corrected chi connectivity index (χ0v) is 15.7. The highest BCUT2D eigenvalue weighted by Crippen LogP contribution is 2.52. The molecule has 4 atom stereocenters. The number of carbonyl (C=O) groups excluding carboxylic acids is 2. The molecule has 1 saturated heterocycles. The Labute approximate surface area is 157 Å². The maximum absolute atomic E-state index is 12.7. The molecule has 6 nitrogen and oxygen atoms in total. The number of carbonyl (C=O) groups is 2. The van der Waals surface area contributed by atoms with Crippen LogP contribution in [0.4, 0.5) is 0 Å². The summed E-state index contributed by atoms with van der Waals surface area (Å²) in [5.74, 6) is 1.05. The summed E-state index contributed by atoms with van der Waals surface area (Å²) < 4.78 is 0. The summed E-state index contributed by atoms with van der Waals surface area (Å²) >= 11 is 1.68. The van der Waals surface area contributed by atoms with Crippen molar-refractivity contribution in [2.75, 3.05) is 19.6 Å². The lowest BCUT2D eigenvalue weighted by Gasteiger charge is -2.18. The van der Waals surface area contributed by atoms with Crippen molar-refractivity contribution in [2.24, 2.45) is 28.7 Å². The van der Waals surface area contributed by atoms with Crippen LogP contribution in [-0.2, 0) is 16.1 Å². The van der Waals surface area contributed by atoms with E-state index in [1.807, 2.05) is 18.4 Å². The molecule has 1 saturated carbocycles. The lowest BCUT2D eigenvalue weighted by Crippen LogP contribution is -2.43. The Morgan fingerprint density at radius 1 is 1.23 bits per heavy atom. The molecule has 2 amide bonds. The molecule has 0 aromatic carbocycles. The van der Waals surface area contributed by atoms with E-state index in [1.165, 1.54) is 9.78 Å². The van der Waals surface area contributed by atoms with Gasteiger partial charge in [-0.25, -0.2) is 4.99 Å². The van der Waals surface area contributed by atoms with Crippen molar-refractivity contribution in [2.45, 2.75) is 19.9 Å². The third kappa shape index (κ3) is 3.05. The van der Waals surface area contributed by atoms with Crippen molar-refractivity contribution in [1.29, 1.82) is 0 Å². The first-order valence-corrected chi connectivity index (χ1v) is 10.1. The number of hydrogen-bond donors (Lipinski definition) is 2. The van der Waals surface area contributed by atoms with E-state index in [2.05, 4.69) is 33.8 Å². The Bertz CT molecular complexity index is 713. The lowest BCUT2D eigenvalue weighted by atomic mass is 9.85. The fourth-order valence-corrected chi connectivity index (χ4v) is 5.00. The number of aliphatic imine (C=N–C) groups is 1. The van der Waals surface area contributed by atoms with Gasteiger partial charge in [0.25, 0.3) is 0 Å². The molecule has 1 aromatic rings. The smallest absolute Gasteiger partial charge is 0.233 e. The summed E-state index contributed by atoms with van der Waals surface area (Å²) in [5, 5.41) is 8.48. The highest BCUT2D eigenvalue weighted by molar-refractivity contribution is 7.09. The number of nitrogens with one attached hydrogen (secondary N) is 2. The number of amides is 2. The minimum atomic E-state index is -0.113. The van der Waals surface area contributed by atoms with Crippen molar-refractivity contribution in [3.63, 3.8) is 0 Å². The molecule has 138 valence electrons. The minimum absolute atomic E-state index is 0.0131. The number of guanidine groups is 1. The van der Waals surface area contributed by atoms with Crippen LogP contribution in [0.5, 0.6) is 0 Å². The molecule has 2 heterocycles. The monoisotopic (exact) mass is 372 g/mol. The summed E-state index contributed by atoms with van der Waals surface area (Å²) in [5.41, 5.74) is 0. The molecule has 7 heteroatoms. The molecule has 2 fully saturated rings. The van der Waals surface area contributed by atoms with E-state index in [1.54, 1.807) is 11.3 Å². The van der Waals surface area contributed by atoms with Gasteiger partial charge in [0.2, 0.25) is 11.8 Å². The highest BCUT2D eigenvalue weighted by Gasteiger charge is 2.58. The predicted octanol–water partition coefficient (Wildman–Crippen LogP) is 1.61. The molecular formula is C19H24N4O2S. The van der Waals surface area contributed by atoms with Crippen LogP contribution in [-0.4, -0.2) is 42.3 Å². The zero-order valence-electron chi connectivity index (χ0n) is 14.9. The van der Waals surface area contributed by atoms with Gasteiger partial charge >= 0.3 is 0 Å². The Morgan fingerprint density at radius 3 is 2.58 bits per heavy atom. The highest BCUT2D eigenvalue weighted by atomic mass is 32.1. The summed E-state index contributed by atoms with van der Waals surface area (Å²) in [4.78, 5) is 32.5. The standard InChI is InChI=1S/C19H24N4O2S/c1-2-20-19(22-11-14-4-3-9-26-14)21-7-8-23-17(24)15-12-5-6-13(10-12)16(15)18(23)25/h3-6,9,12-13,15-16H,2,7-8,10-11H2,1H3,(H2,20,21,22). The van der Waals surface area contributed by atoms with Crippen LogP contribution in [0, 0.1) is 23.7 Å². The Morgan fingerprint density at radius 2 is 1.96 bits per heavy atom. The molecule has 1 aliphatic heterocycles. The van der Waals surface area contributed by atoms with Crippen LogP contribution < -0.4 is 10.6 Å². The first-order chi connectivity index (χ1) is 12.7. The molecule has 4 unspecified atom stereocenters. The summed E-state index contributed by atoms with van der Waals surface area (Å²) in [6.45, 7) is 4.30. The summed E-state index contributed by atoms with van der Waals surface area (Å²) in [7, 11) is 0. The fraction of sp³-hybridized carbons (Fsp3) is 0.526. The zero-order chi connectivity index (χ0) is 18.1. The number of fused-ring (bicyclic) bond motifs is 5. The molecule has 0 radical (unpaired) electrons. The van der Waals surface area contributed by atoms with Crippen LogP contribution >= 0.6 is 11.3 Å². The first-order valence-electron chi connectivity index (χ1n) is 9.27. The van der Waals surface area contributed by atoms with Gasteiger partial charge in [0.1, 0.15) is 0 Å². The summed E-state index contributed by atoms with van der Waals surface area (Å²) in [6, 6.07) is 4.07. The molecule has 4 rings (SSSR count). The van der Waals surface area contributed by atoms with Gasteiger partial charge in [0.15, 0.2) is 5.96 Å². The quantitative estimate of drug-likeness (QED) is 0.344. The van der Waals surface area contributed by atoms with Gasteiger partial charge in [-0.3, -0.25) is 14.5 Å². The van der Waals surface area contributed by atoms with Crippen molar-refractivity contribution >= 4 is 29.1 Å². The van der Waals surface area contributed by atoms with Crippen molar-refractivity contribution in [1.82, 2.24) is 15.5 Å². The van der Waals surface area contributed by atoms with Gasteiger partial charge in [-0.1, -0.05) is 18.2 Å². The van der Waals surface area contributed by atoms with E-state index in [4.69, 9.17) is 0 Å². The van der Waals surface area contributed by atoms with E-state index >= 15 is 0 Å². The van der Waals surface area contributed by atoms with Crippen LogP contribution in [0.15, 0.2) is 34.7 Å². The van der Waals surface area contributed by atoms with E-state index < -0.39 is 0 Å². The van der Waals surface area contributed by atoms with Gasteiger partial charge < -0.3 is 10.6 Å². The third-order valence-corrected chi connectivity index (χ3v) is 6.37. The van der Waals surface area contributed by atoms with Crippen LogP contribution in [0.25, 0.3) is 0 Å². The Kier molecular flexibility index (Phi) is 4.80. The van der Waals surface area contributed by atoms with E-state index in [9.17, 15) is 9.59 Å². The van der Waals surface area contributed by atoms with Crippen LogP contribution in [0.1, 0.15) is 18.2 Å². The van der Waals surface area contributed by atoms with Crippen LogP contribution in [0.2, 0.25) is 0 Å². The number of rotatable bonds is 6. The van der Waals surface area contributed by atoms with Gasteiger partial charge in [-0.2, -0.15) is 0 Å². The molecule has 1 aromatic heterocycles. The predicted molar refractivity (Wildman–Crippen MR) is 102 cm³/mol. The summed E-state index contributed by atoms with van der Waals surface area (Å²) in [6.07, 6.45) is 5.22. The van der Waals surface area contributed by atoms with Crippen molar-refractivity contribution in [3.8, 4) is 0 Å². The van der Waals surface area contributed by atoms with E-state index in [0.29, 0.717) is 25.6 Å². The Hall–Kier alpha value is -2.15. The number of imide groups is 1. The van der Waals surface area contributed by atoms with Crippen LogP contribution in [0.3, 0.4) is 0 Å². The average Bonchev–Trinajstić information content (AvgIpc) is 3.40. The van der Waals surface area contributed by atoms with Crippen molar-refractivity contribution in [3.05, 3.63) is 34.5 Å². The molecule has 2 bridgehead atoms. The number of likely N-dealkylation sites (tertiary alicyclic amines) is 1. The maximum atomic E-state index is 12.7. The molecular weight excluding hydrogens is 348 g/mol. The second-order valence-electron chi connectivity index (χ2n) is 7.03. The largest absolute Gasteiger partial charge is 0.357 e. The maximum Gasteiger partial charge on any atom is 0.233 e. The van der Waals surface area contributed by atoms with Gasteiger partial charge in [0, 0.05) is 24.5 Å². The topological polar surface area (TPSA) is 73.8 Å². The molecule has 0 spiro atoms. The molecule has 2 N–H and O–H groups in total. The average molecular weight is 372 g/mol. The van der Waals surface area contributed by atoms with Gasteiger partial charge in [-0.15, -0.1) is 11.3 Å². The SMILES string of the molecule is CCNC(=NCc1cccs1)NCCN1C(=O)C2C3C=CC(C3)C2C1=O. The Balaban J connectivity index is 1.33. The van der Waals surface area contributed by atoms with E-state index in [-0.39, 0.29) is 35.5 Å². The third-order valence-electron chi connectivity index (χ3n) is 5.51. The normalized spacial score (nSPS) is 29.6. The fourth-order valence-electron chi connectivity index (χ4n) is 4.37. The second kappa shape index (κ2) is 7.23. The molecule has 2 aliphatic carbocycles. The van der Waals surface area contributed by atoms with Gasteiger partial charge in [0.05, 0.1) is 18.4 Å². The molecule has 3 aliphatic rings. The second-order valence-corrected chi connectivity index (χ2v) is 8.06. The van der Waals surface area contributed by atoms with E-state index in [0.717, 1.165) is 13.0 Å².